The van der Waals surface area contributed by atoms with Crippen molar-refractivity contribution in [1.82, 2.24) is 10.2 Å². The Hall–Kier alpha value is -2.82. The molecule has 0 aliphatic heterocycles. The minimum Gasteiger partial charge on any atom is -0.465 e. The van der Waals surface area contributed by atoms with Gasteiger partial charge in [-0.15, -0.1) is 0 Å². The second-order valence-electron chi connectivity index (χ2n) is 4.71. The quantitative estimate of drug-likeness (QED) is 0.721. The summed E-state index contributed by atoms with van der Waals surface area (Å²) in [6.45, 7) is 0.682. The number of rotatable bonds is 4. The Bertz CT molecular complexity index is 763. The molecule has 0 amide bonds. The number of esters is 1. The average Bonchev–Trinajstić information content (AvgIpc) is 3.00. The topological polar surface area (TPSA) is 67.0 Å². The number of nitrogens with zero attached hydrogens (tertiary/aromatic N) is 1. The molecule has 21 heavy (non-hydrogen) atoms. The molecule has 1 heterocycles. The van der Waals surface area contributed by atoms with Crippen LogP contribution in [0.15, 0.2) is 48.7 Å². The van der Waals surface area contributed by atoms with Crippen molar-refractivity contribution < 1.29 is 9.53 Å². The minimum absolute atomic E-state index is 0.320. The number of carbonyl (C=O) groups excluding carboxylic acids is 1. The zero-order valence-electron chi connectivity index (χ0n) is 11.6. The number of hydrogen-bond donors (Lipinski definition) is 2. The van der Waals surface area contributed by atoms with Gasteiger partial charge in [0, 0.05) is 17.6 Å². The number of hydrogen-bond acceptors (Lipinski definition) is 4. The maximum absolute atomic E-state index is 11.4. The number of aromatic nitrogens is 2. The molecule has 0 aliphatic rings. The largest absolute Gasteiger partial charge is 0.465 e. The van der Waals surface area contributed by atoms with Gasteiger partial charge in [-0.1, -0.05) is 12.1 Å². The van der Waals surface area contributed by atoms with Crippen LogP contribution in [0.2, 0.25) is 0 Å². The summed E-state index contributed by atoms with van der Waals surface area (Å²) in [5, 5.41) is 11.4. The Labute approximate surface area is 121 Å². The van der Waals surface area contributed by atoms with Gasteiger partial charge in [0.2, 0.25) is 0 Å². The summed E-state index contributed by atoms with van der Waals surface area (Å²) in [7, 11) is 1.38. The predicted molar refractivity (Wildman–Crippen MR) is 81.2 cm³/mol. The third kappa shape index (κ3) is 2.86. The van der Waals surface area contributed by atoms with E-state index in [1.165, 1.54) is 7.11 Å². The molecule has 0 radical (unpaired) electrons. The van der Waals surface area contributed by atoms with Gasteiger partial charge in [0.25, 0.3) is 0 Å². The van der Waals surface area contributed by atoms with E-state index in [2.05, 4.69) is 20.3 Å². The van der Waals surface area contributed by atoms with E-state index in [-0.39, 0.29) is 5.97 Å². The minimum atomic E-state index is -0.320. The molecule has 0 fully saturated rings. The first-order chi connectivity index (χ1) is 10.3. The van der Waals surface area contributed by atoms with Crippen molar-refractivity contribution in [3.05, 3.63) is 59.8 Å². The van der Waals surface area contributed by atoms with E-state index in [9.17, 15) is 4.79 Å². The van der Waals surface area contributed by atoms with Gasteiger partial charge < -0.3 is 10.1 Å². The average molecular weight is 281 g/mol. The molecular formula is C16H15N3O2. The number of anilines is 1. The van der Waals surface area contributed by atoms with Crippen LogP contribution in [-0.4, -0.2) is 23.3 Å². The van der Waals surface area contributed by atoms with Crippen molar-refractivity contribution in [2.75, 3.05) is 12.4 Å². The second kappa shape index (κ2) is 5.66. The Morgan fingerprint density at radius 1 is 1.24 bits per heavy atom. The van der Waals surface area contributed by atoms with E-state index in [0.29, 0.717) is 12.1 Å². The fourth-order valence-corrected chi connectivity index (χ4v) is 2.13. The summed E-state index contributed by atoms with van der Waals surface area (Å²) < 4.78 is 4.67. The number of ether oxygens (including phenoxy) is 1. The molecule has 0 unspecified atom stereocenters. The van der Waals surface area contributed by atoms with E-state index >= 15 is 0 Å². The lowest BCUT2D eigenvalue weighted by Gasteiger charge is -2.07. The van der Waals surface area contributed by atoms with Crippen LogP contribution in [0.3, 0.4) is 0 Å². The van der Waals surface area contributed by atoms with Crippen molar-refractivity contribution in [2.24, 2.45) is 0 Å². The second-order valence-corrected chi connectivity index (χ2v) is 4.71. The zero-order chi connectivity index (χ0) is 14.7. The van der Waals surface area contributed by atoms with Gasteiger partial charge in [0.05, 0.1) is 24.4 Å². The highest BCUT2D eigenvalue weighted by molar-refractivity contribution is 5.89. The number of H-pyrrole nitrogens is 1. The summed E-state index contributed by atoms with van der Waals surface area (Å²) in [4.78, 5) is 11.4. The number of benzene rings is 2. The molecule has 5 heteroatoms. The number of fused-ring (bicyclic) bond motifs is 1. The maximum Gasteiger partial charge on any atom is 0.337 e. The van der Waals surface area contributed by atoms with Gasteiger partial charge in [0.1, 0.15) is 0 Å². The van der Waals surface area contributed by atoms with Crippen molar-refractivity contribution in [3.63, 3.8) is 0 Å². The summed E-state index contributed by atoms with van der Waals surface area (Å²) in [6, 6.07) is 13.4. The lowest BCUT2D eigenvalue weighted by atomic mass is 10.1. The SMILES string of the molecule is COC(=O)c1ccc(CNc2ccc3cn[nH]c3c2)cc1. The molecule has 0 aliphatic carbocycles. The van der Waals surface area contributed by atoms with Gasteiger partial charge in [-0.25, -0.2) is 4.79 Å². The van der Waals surface area contributed by atoms with Crippen LogP contribution < -0.4 is 5.32 Å². The van der Waals surface area contributed by atoms with Crippen molar-refractivity contribution in [2.45, 2.75) is 6.54 Å². The Morgan fingerprint density at radius 2 is 2.05 bits per heavy atom. The lowest BCUT2D eigenvalue weighted by Crippen LogP contribution is -2.03. The van der Waals surface area contributed by atoms with Crippen LogP contribution in [0.5, 0.6) is 0 Å². The van der Waals surface area contributed by atoms with Gasteiger partial charge in [-0.05, 0) is 35.9 Å². The van der Waals surface area contributed by atoms with Crippen LogP contribution in [-0.2, 0) is 11.3 Å². The molecule has 3 rings (SSSR count). The Balaban J connectivity index is 1.67. The molecule has 0 saturated carbocycles. The molecule has 3 aromatic rings. The van der Waals surface area contributed by atoms with E-state index in [1.807, 2.05) is 30.3 Å². The summed E-state index contributed by atoms with van der Waals surface area (Å²) in [5.41, 5.74) is 3.66. The standard InChI is InChI=1S/C16H15N3O2/c1-21-16(20)12-4-2-11(3-5-12)9-17-14-7-6-13-10-18-19-15(13)8-14/h2-8,10,17H,9H2,1H3,(H,18,19). The van der Waals surface area contributed by atoms with E-state index in [1.54, 1.807) is 18.3 Å². The molecule has 5 nitrogen and oxygen atoms in total. The Morgan fingerprint density at radius 3 is 2.81 bits per heavy atom. The van der Waals surface area contributed by atoms with Crippen LogP contribution in [0.25, 0.3) is 10.9 Å². The smallest absolute Gasteiger partial charge is 0.337 e. The van der Waals surface area contributed by atoms with Gasteiger partial charge in [-0.2, -0.15) is 5.10 Å². The predicted octanol–water partition coefficient (Wildman–Crippen LogP) is 2.96. The third-order valence-corrected chi connectivity index (χ3v) is 3.31. The van der Waals surface area contributed by atoms with E-state index in [4.69, 9.17) is 0 Å². The van der Waals surface area contributed by atoms with Gasteiger partial charge >= 0.3 is 5.97 Å². The van der Waals surface area contributed by atoms with Gasteiger partial charge in [0.15, 0.2) is 0 Å². The first-order valence-corrected chi connectivity index (χ1v) is 6.60. The highest BCUT2D eigenvalue weighted by Crippen LogP contribution is 2.17. The molecule has 2 N–H and O–H groups in total. The monoisotopic (exact) mass is 281 g/mol. The lowest BCUT2D eigenvalue weighted by molar-refractivity contribution is 0.0600. The molecule has 0 saturated heterocycles. The normalized spacial score (nSPS) is 10.5. The number of aromatic amines is 1. The fraction of sp³-hybridized carbons (Fsp3) is 0.125. The highest BCUT2D eigenvalue weighted by Gasteiger charge is 2.04. The summed E-state index contributed by atoms with van der Waals surface area (Å²) in [5.74, 6) is -0.320. The van der Waals surface area contributed by atoms with Crippen LogP contribution in [0.1, 0.15) is 15.9 Å². The highest BCUT2D eigenvalue weighted by atomic mass is 16.5. The van der Waals surface area contributed by atoms with Crippen LogP contribution in [0, 0.1) is 0 Å². The molecule has 0 atom stereocenters. The number of carbonyl (C=O) groups is 1. The molecule has 0 bridgehead atoms. The zero-order valence-corrected chi connectivity index (χ0v) is 11.6. The van der Waals surface area contributed by atoms with Crippen molar-refractivity contribution in [3.8, 4) is 0 Å². The maximum atomic E-state index is 11.4. The van der Waals surface area contributed by atoms with Crippen LogP contribution >= 0.6 is 0 Å². The summed E-state index contributed by atoms with van der Waals surface area (Å²) in [6.07, 6.45) is 1.80. The Kier molecular flexibility index (Phi) is 3.55. The molecule has 106 valence electrons. The summed E-state index contributed by atoms with van der Waals surface area (Å²) >= 11 is 0. The van der Waals surface area contributed by atoms with E-state index < -0.39 is 0 Å². The van der Waals surface area contributed by atoms with E-state index in [0.717, 1.165) is 22.2 Å². The molecule has 0 spiro atoms. The fourth-order valence-electron chi connectivity index (χ4n) is 2.13. The number of nitrogens with one attached hydrogen (secondary N) is 2. The molecule has 2 aromatic carbocycles. The third-order valence-electron chi connectivity index (χ3n) is 3.31. The first-order valence-electron chi connectivity index (χ1n) is 6.60. The van der Waals surface area contributed by atoms with Crippen molar-refractivity contribution in [1.29, 1.82) is 0 Å². The van der Waals surface area contributed by atoms with Crippen molar-refractivity contribution >= 4 is 22.6 Å². The number of methoxy groups -OCH3 is 1. The van der Waals surface area contributed by atoms with Gasteiger partial charge in [-0.3, -0.25) is 5.10 Å². The first kappa shape index (κ1) is 13.2. The molecular weight excluding hydrogens is 266 g/mol. The molecule has 1 aromatic heterocycles. The van der Waals surface area contributed by atoms with Crippen LogP contribution in [0.4, 0.5) is 5.69 Å².